The number of hydrogen-bond acceptors (Lipinski definition) is 4. The Morgan fingerprint density at radius 3 is 2.67 bits per heavy atom. The lowest BCUT2D eigenvalue weighted by Crippen LogP contribution is -2.11. The molecule has 0 unspecified atom stereocenters. The van der Waals surface area contributed by atoms with E-state index in [1.807, 2.05) is 48.5 Å². The molecule has 1 heterocycles. The third kappa shape index (κ3) is 3.13. The van der Waals surface area contributed by atoms with E-state index in [9.17, 15) is 0 Å². The number of nitrogens with two attached hydrogens (primary N) is 1. The number of rotatable bonds is 4. The molecule has 3 N–H and O–H groups in total. The Morgan fingerprint density at radius 1 is 1.10 bits per heavy atom. The van der Waals surface area contributed by atoms with Crippen molar-refractivity contribution in [2.45, 2.75) is 10.6 Å². The van der Waals surface area contributed by atoms with Gasteiger partial charge in [-0.05, 0) is 24.3 Å². The van der Waals surface area contributed by atoms with Crippen LogP contribution < -0.4 is 11.3 Å². The highest BCUT2D eigenvalue weighted by Crippen LogP contribution is 2.32. The van der Waals surface area contributed by atoms with Gasteiger partial charge in [0.05, 0.1) is 10.5 Å². The van der Waals surface area contributed by atoms with Gasteiger partial charge in [0.2, 0.25) is 0 Å². The normalized spacial score (nSPS) is 10.8. The van der Waals surface area contributed by atoms with Crippen LogP contribution in [0.3, 0.4) is 0 Å². The number of anilines is 1. The fourth-order valence-electron chi connectivity index (χ4n) is 2.11. The summed E-state index contributed by atoms with van der Waals surface area (Å²) in [5.41, 5.74) is 4.67. The summed E-state index contributed by atoms with van der Waals surface area (Å²) in [5.74, 6) is 7.05. The van der Waals surface area contributed by atoms with E-state index in [-0.39, 0.29) is 0 Å². The smallest absolute Gasteiger partial charge is 0.144 e. The minimum atomic E-state index is 0.702. The largest absolute Gasteiger partial charge is 0.308 e. The van der Waals surface area contributed by atoms with Gasteiger partial charge >= 0.3 is 0 Å². The molecular weight excluding hydrogens is 302 g/mol. The average Bonchev–Trinajstić information content (AvgIpc) is 2.53. The monoisotopic (exact) mass is 315 g/mol. The van der Waals surface area contributed by atoms with Crippen LogP contribution in [0.1, 0.15) is 5.56 Å². The first-order valence-electron chi connectivity index (χ1n) is 6.50. The quantitative estimate of drug-likeness (QED) is 0.424. The number of fused-ring (bicyclic) bond motifs is 1. The molecule has 0 saturated carbocycles. The zero-order chi connectivity index (χ0) is 14.7. The van der Waals surface area contributed by atoms with E-state index < -0.39 is 0 Å². The van der Waals surface area contributed by atoms with Crippen molar-refractivity contribution in [2.24, 2.45) is 5.84 Å². The molecule has 21 heavy (non-hydrogen) atoms. The summed E-state index contributed by atoms with van der Waals surface area (Å²) in [6.45, 7) is 0. The van der Waals surface area contributed by atoms with Gasteiger partial charge in [-0.3, -0.25) is 0 Å². The second kappa shape index (κ2) is 6.35. The van der Waals surface area contributed by atoms with E-state index in [1.54, 1.807) is 11.8 Å². The van der Waals surface area contributed by atoms with E-state index in [1.165, 1.54) is 0 Å². The number of nitrogen functional groups attached to an aromatic ring is 1. The fourth-order valence-corrected chi connectivity index (χ4v) is 3.32. The van der Waals surface area contributed by atoms with Crippen molar-refractivity contribution in [3.63, 3.8) is 0 Å². The van der Waals surface area contributed by atoms with Crippen LogP contribution in [0.5, 0.6) is 0 Å². The number of pyridine rings is 1. The highest BCUT2D eigenvalue weighted by molar-refractivity contribution is 7.98. The number of para-hydroxylation sites is 1. The van der Waals surface area contributed by atoms with Crippen LogP contribution in [0.15, 0.2) is 59.5 Å². The van der Waals surface area contributed by atoms with Gasteiger partial charge in [-0.1, -0.05) is 41.9 Å². The first-order valence-corrected chi connectivity index (χ1v) is 7.87. The van der Waals surface area contributed by atoms with Crippen molar-refractivity contribution in [3.8, 4) is 0 Å². The van der Waals surface area contributed by atoms with E-state index in [2.05, 4.69) is 16.5 Å². The molecule has 0 fully saturated rings. The molecule has 3 nitrogen and oxygen atoms in total. The van der Waals surface area contributed by atoms with Gasteiger partial charge < -0.3 is 5.43 Å². The molecule has 5 heteroatoms. The molecule has 0 saturated heterocycles. The minimum Gasteiger partial charge on any atom is -0.308 e. The number of nitrogens with one attached hydrogen (secondary N) is 1. The predicted molar refractivity (Wildman–Crippen MR) is 90.6 cm³/mol. The van der Waals surface area contributed by atoms with Crippen LogP contribution >= 0.6 is 23.4 Å². The summed E-state index contributed by atoms with van der Waals surface area (Å²) < 4.78 is 0. The molecule has 0 radical (unpaired) electrons. The van der Waals surface area contributed by atoms with Crippen LogP contribution in [-0.2, 0) is 5.75 Å². The second-order valence-corrected chi connectivity index (χ2v) is 5.98. The molecule has 2 aromatic carbocycles. The number of aromatic nitrogens is 1. The molecule has 0 bridgehead atoms. The van der Waals surface area contributed by atoms with Crippen molar-refractivity contribution in [1.82, 2.24) is 4.98 Å². The van der Waals surface area contributed by atoms with Gasteiger partial charge in [0.25, 0.3) is 0 Å². The molecule has 106 valence electrons. The van der Waals surface area contributed by atoms with E-state index >= 15 is 0 Å². The Kier molecular flexibility index (Phi) is 4.29. The summed E-state index contributed by atoms with van der Waals surface area (Å²) in [6, 6.07) is 17.9. The molecule has 0 amide bonds. The highest BCUT2D eigenvalue weighted by atomic mass is 35.5. The molecule has 0 aliphatic heterocycles. The van der Waals surface area contributed by atoms with Gasteiger partial charge in [0.1, 0.15) is 5.82 Å². The molecule has 3 rings (SSSR count). The van der Waals surface area contributed by atoms with Gasteiger partial charge in [0, 0.05) is 21.6 Å². The van der Waals surface area contributed by atoms with Gasteiger partial charge in [-0.2, -0.15) is 0 Å². The summed E-state index contributed by atoms with van der Waals surface area (Å²) in [5, 5.41) is 1.87. The Bertz CT molecular complexity index is 776. The topological polar surface area (TPSA) is 50.9 Å². The maximum Gasteiger partial charge on any atom is 0.144 e. The van der Waals surface area contributed by atoms with Crippen LogP contribution in [0, 0.1) is 0 Å². The third-order valence-corrected chi connectivity index (χ3v) is 4.72. The molecule has 0 atom stereocenters. The van der Waals surface area contributed by atoms with Gasteiger partial charge in [0.15, 0.2) is 0 Å². The predicted octanol–water partition coefficient (Wildman–Crippen LogP) is 4.47. The van der Waals surface area contributed by atoms with Crippen molar-refractivity contribution in [1.29, 1.82) is 0 Å². The summed E-state index contributed by atoms with van der Waals surface area (Å²) in [7, 11) is 0. The van der Waals surface area contributed by atoms with E-state index in [4.69, 9.17) is 17.4 Å². The zero-order valence-electron chi connectivity index (χ0n) is 11.2. The van der Waals surface area contributed by atoms with E-state index in [0.29, 0.717) is 5.82 Å². The van der Waals surface area contributed by atoms with Crippen molar-refractivity contribution >= 4 is 40.1 Å². The minimum absolute atomic E-state index is 0.702. The molecule has 0 aliphatic rings. The lowest BCUT2D eigenvalue weighted by molar-refractivity contribution is 1.21. The fraction of sp³-hybridized carbons (Fsp3) is 0.0625. The number of hydrogen-bond donors (Lipinski definition) is 2. The number of benzene rings is 2. The Morgan fingerprint density at radius 2 is 1.86 bits per heavy atom. The summed E-state index contributed by atoms with van der Waals surface area (Å²) in [6.07, 6.45) is 0. The first kappa shape index (κ1) is 14.2. The number of halogens is 1. The zero-order valence-corrected chi connectivity index (χ0v) is 12.8. The average molecular weight is 316 g/mol. The maximum atomic E-state index is 6.18. The number of hydrazine groups is 1. The standard InChI is InChI=1S/C16H14ClN3S/c17-13-6-2-4-8-15(13)21-10-12-9-11-5-1-3-7-14(11)19-16(12)20-18/h1-9H,10,18H2,(H,19,20). The molecular formula is C16H14ClN3S. The van der Waals surface area contributed by atoms with Crippen LogP contribution in [-0.4, -0.2) is 4.98 Å². The van der Waals surface area contributed by atoms with Gasteiger partial charge in [-0.15, -0.1) is 11.8 Å². The molecule has 3 aromatic rings. The van der Waals surface area contributed by atoms with Gasteiger partial charge in [-0.25, -0.2) is 10.8 Å². The molecule has 0 aliphatic carbocycles. The van der Waals surface area contributed by atoms with Crippen LogP contribution in [0.25, 0.3) is 10.9 Å². The van der Waals surface area contributed by atoms with Crippen molar-refractivity contribution < 1.29 is 0 Å². The maximum absolute atomic E-state index is 6.18. The second-order valence-electron chi connectivity index (χ2n) is 4.55. The summed E-state index contributed by atoms with van der Waals surface area (Å²) in [4.78, 5) is 5.60. The third-order valence-electron chi connectivity index (χ3n) is 3.16. The van der Waals surface area contributed by atoms with Crippen molar-refractivity contribution in [3.05, 3.63) is 65.2 Å². The van der Waals surface area contributed by atoms with E-state index in [0.717, 1.165) is 32.1 Å². The Hall–Kier alpha value is -1.75. The number of thioether (sulfide) groups is 1. The molecule has 1 aromatic heterocycles. The first-order chi connectivity index (χ1) is 10.3. The molecule has 0 spiro atoms. The van der Waals surface area contributed by atoms with Crippen LogP contribution in [0.4, 0.5) is 5.82 Å². The lowest BCUT2D eigenvalue weighted by atomic mass is 10.1. The lowest BCUT2D eigenvalue weighted by Gasteiger charge is -2.10. The Balaban J connectivity index is 1.91. The summed E-state index contributed by atoms with van der Waals surface area (Å²) >= 11 is 7.85. The Labute approximate surface area is 132 Å². The van der Waals surface area contributed by atoms with Crippen LogP contribution in [0.2, 0.25) is 5.02 Å². The SMILES string of the molecule is NNc1nc2ccccc2cc1CSc1ccccc1Cl. The number of nitrogens with zero attached hydrogens (tertiary/aromatic N) is 1. The highest BCUT2D eigenvalue weighted by Gasteiger charge is 2.08. The van der Waals surface area contributed by atoms with Crippen molar-refractivity contribution in [2.75, 3.05) is 5.43 Å².